The van der Waals surface area contributed by atoms with Crippen LogP contribution in [0.1, 0.15) is 18.1 Å². The Balaban J connectivity index is 2.97. The number of anilines is 1. The lowest BCUT2D eigenvalue weighted by molar-refractivity contribution is 0.483. The van der Waals surface area contributed by atoms with Crippen molar-refractivity contribution in [3.05, 3.63) is 33.7 Å². The van der Waals surface area contributed by atoms with Gasteiger partial charge >= 0.3 is 5.63 Å². The summed E-state index contributed by atoms with van der Waals surface area (Å²) in [5, 5.41) is 0.443. The third kappa shape index (κ3) is 2.22. The monoisotopic (exact) mass is 283 g/mol. The smallest absolute Gasteiger partial charge is 0.339 e. The molecule has 0 aliphatic carbocycles. The molecule has 1 aromatic carbocycles. The van der Waals surface area contributed by atoms with Crippen LogP contribution in [0.2, 0.25) is 0 Å². The molecule has 1 heterocycles. The van der Waals surface area contributed by atoms with Crippen LogP contribution in [0.4, 0.5) is 5.69 Å². The zero-order valence-corrected chi connectivity index (χ0v) is 11.2. The number of nitrogen functional groups attached to an aromatic ring is 1. The molecule has 0 atom stereocenters. The molecule has 3 N–H and O–H groups in total. The Bertz CT molecular complexity index is 820. The molecule has 0 aliphatic rings. The maximum atomic E-state index is 11.7. The SMILES string of the molecule is CCc1c(C)c2cc(S(=O)(=O)O)c(N)cc2oc1=O. The molecule has 0 spiro atoms. The van der Waals surface area contributed by atoms with E-state index < -0.39 is 15.7 Å². The second-order valence-corrected chi connectivity index (χ2v) is 5.60. The molecular weight excluding hydrogens is 270 g/mol. The van der Waals surface area contributed by atoms with E-state index in [0.29, 0.717) is 22.9 Å². The first-order valence-corrected chi connectivity index (χ1v) is 7.03. The van der Waals surface area contributed by atoms with E-state index in [9.17, 15) is 13.2 Å². The lowest BCUT2D eigenvalue weighted by atomic mass is 10.0. The maximum Gasteiger partial charge on any atom is 0.339 e. The topological polar surface area (TPSA) is 111 Å². The van der Waals surface area contributed by atoms with Crippen LogP contribution < -0.4 is 11.4 Å². The fourth-order valence-electron chi connectivity index (χ4n) is 2.06. The van der Waals surface area contributed by atoms with Gasteiger partial charge < -0.3 is 10.2 Å². The lowest BCUT2D eigenvalue weighted by Crippen LogP contribution is -2.10. The molecule has 1 aromatic heterocycles. The number of hydrogen-bond donors (Lipinski definition) is 2. The van der Waals surface area contributed by atoms with Crippen molar-refractivity contribution in [2.45, 2.75) is 25.2 Å². The van der Waals surface area contributed by atoms with E-state index in [4.69, 9.17) is 14.7 Å². The zero-order valence-electron chi connectivity index (χ0n) is 10.4. The molecule has 0 aliphatic heterocycles. The van der Waals surface area contributed by atoms with Gasteiger partial charge in [0.2, 0.25) is 0 Å². The quantitative estimate of drug-likeness (QED) is 0.491. The minimum atomic E-state index is -4.42. The molecule has 0 fully saturated rings. The summed E-state index contributed by atoms with van der Waals surface area (Å²) in [4.78, 5) is 11.3. The lowest BCUT2D eigenvalue weighted by Gasteiger charge is -2.09. The van der Waals surface area contributed by atoms with Gasteiger partial charge in [0.25, 0.3) is 10.1 Å². The first-order chi connectivity index (χ1) is 8.75. The van der Waals surface area contributed by atoms with Crippen molar-refractivity contribution in [2.24, 2.45) is 0 Å². The van der Waals surface area contributed by atoms with Crippen molar-refractivity contribution < 1.29 is 17.4 Å². The van der Waals surface area contributed by atoms with E-state index in [1.807, 2.05) is 0 Å². The number of hydrogen-bond acceptors (Lipinski definition) is 5. The van der Waals surface area contributed by atoms with Crippen molar-refractivity contribution in [3.8, 4) is 0 Å². The molecular formula is C12H13NO5S. The second-order valence-electron chi connectivity index (χ2n) is 4.21. The minimum Gasteiger partial charge on any atom is -0.422 e. The van der Waals surface area contributed by atoms with Gasteiger partial charge in [-0.05, 0) is 25.0 Å². The largest absolute Gasteiger partial charge is 0.422 e. The Morgan fingerprint density at radius 1 is 1.37 bits per heavy atom. The first kappa shape index (κ1) is 13.6. The summed E-state index contributed by atoms with van der Waals surface area (Å²) in [6.07, 6.45) is 0.468. The molecule has 0 saturated carbocycles. The third-order valence-electron chi connectivity index (χ3n) is 3.05. The Hall–Kier alpha value is -1.86. The Morgan fingerprint density at radius 2 is 2.00 bits per heavy atom. The Morgan fingerprint density at radius 3 is 2.53 bits per heavy atom. The van der Waals surface area contributed by atoms with E-state index in [-0.39, 0.29) is 16.2 Å². The Kier molecular flexibility index (Phi) is 3.11. The molecule has 7 heteroatoms. The molecule has 0 amide bonds. The van der Waals surface area contributed by atoms with Gasteiger partial charge in [-0.1, -0.05) is 6.92 Å². The molecule has 102 valence electrons. The average molecular weight is 283 g/mol. The van der Waals surface area contributed by atoms with Gasteiger partial charge in [-0.3, -0.25) is 4.55 Å². The van der Waals surface area contributed by atoms with Gasteiger partial charge in [0, 0.05) is 17.0 Å². The standard InChI is InChI=1S/C12H13NO5S/c1-3-7-6(2)8-4-11(19(15,16)17)9(13)5-10(8)18-12(7)14/h4-5H,3,13H2,1-2H3,(H,15,16,17). The fraction of sp³-hybridized carbons (Fsp3) is 0.250. The Labute approximate surface area is 109 Å². The molecule has 6 nitrogen and oxygen atoms in total. The highest BCUT2D eigenvalue weighted by Gasteiger charge is 2.18. The van der Waals surface area contributed by atoms with E-state index in [0.717, 1.165) is 0 Å². The van der Waals surface area contributed by atoms with Gasteiger partial charge in [0.1, 0.15) is 10.5 Å². The van der Waals surface area contributed by atoms with Crippen LogP contribution in [-0.2, 0) is 16.5 Å². The molecule has 19 heavy (non-hydrogen) atoms. The van der Waals surface area contributed by atoms with Gasteiger partial charge in [-0.2, -0.15) is 8.42 Å². The second kappa shape index (κ2) is 4.36. The predicted octanol–water partition coefficient (Wildman–Crippen LogP) is 1.49. The van der Waals surface area contributed by atoms with E-state index in [2.05, 4.69) is 0 Å². The highest BCUT2D eigenvalue weighted by Crippen LogP contribution is 2.27. The predicted molar refractivity (Wildman–Crippen MR) is 70.8 cm³/mol. The van der Waals surface area contributed by atoms with Crippen LogP contribution in [-0.4, -0.2) is 13.0 Å². The molecule has 0 bridgehead atoms. The van der Waals surface area contributed by atoms with Crippen LogP contribution in [0.5, 0.6) is 0 Å². The number of benzene rings is 1. The summed E-state index contributed by atoms with van der Waals surface area (Å²) in [6, 6.07) is 2.45. The van der Waals surface area contributed by atoms with Crippen LogP contribution in [0, 0.1) is 6.92 Å². The third-order valence-corrected chi connectivity index (χ3v) is 3.96. The van der Waals surface area contributed by atoms with Crippen molar-refractivity contribution in [3.63, 3.8) is 0 Å². The molecule has 0 saturated heterocycles. The average Bonchev–Trinajstić information content (AvgIpc) is 2.26. The van der Waals surface area contributed by atoms with E-state index in [1.165, 1.54) is 12.1 Å². The normalized spacial score (nSPS) is 11.9. The van der Waals surface area contributed by atoms with Crippen molar-refractivity contribution in [2.75, 3.05) is 5.73 Å². The summed E-state index contributed by atoms with van der Waals surface area (Å²) in [7, 11) is -4.42. The minimum absolute atomic E-state index is 0.165. The summed E-state index contributed by atoms with van der Waals surface area (Å²) in [5.41, 5.74) is 6.20. The summed E-state index contributed by atoms with van der Waals surface area (Å²) < 4.78 is 36.6. The van der Waals surface area contributed by atoms with Gasteiger partial charge in [0.05, 0.1) is 5.69 Å². The number of nitrogens with two attached hydrogens (primary N) is 1. The van der Waals surface area contributed by atoms with Crippen molar-refractivity contribution in [1.29, 1.82) is 0 Å². The van der Waals surface area contributed by atoms with E-state index >= 15 is 0 Å². The summed E-state index contributed by atoms with van der Waals surface area (Å²) in [6.45, 7) is 3.49. The van der Waals surface area contributed by atoms with Crippen molar-refractivity contribution in [1.82, 2.24) is 0 Å². The van der Waals surface area contributed by atoms with Crippen LogP contribution >= 0.6 is 0 Å². The number of rotatable bonds is 2. The highest BCUT2D eigenvalue weighted by atomic mass is 32.2. The van der Waals surface area contributed by atoms with Gasteiger partial charge in [0.15, 0.2) is 0 Å². The fourth-order valence-corrected chi connectivity index (χ4v) is 2.69. The van der Waals surface area contributed by atoms with E-state index in [1.54, 1.807) is 13.8 Å². The van der Waals surface area contributed by atoms with Crippen molar-refractivity contribution >= 4 is 26.8 Å². The van der Waals surface area contributed by atoms with Crippen LogP contribution in [0.15, 0.2) is 26.2 Å². The summed E-state index contributed by atoms with van der Waals surface area (Å²) >= 11 is 0. The number of fused-ring (bicyclic) bond motifs is 1. The maximum absolute atomic E-state index is 11.7. The zero-order chi connectivity index (χ0) is 14.4. The molecule has 0 unspecified atom stereocenters. The van der Waals surface area contributed by atoms with Gasteiger partial charge in [-0.25, -0.2) is 4.79 Å². The van der Waals surface area contributed by atoms with Gasteiger partial charge in [-0.15, -0.1) is 0 Å². The highest BCUT2D eigenvalue weighted by molar-refractivity contribution is 7.86. The number of aryl methyl sites for hydroxylation is 1. The van der Waals surface area contributed by atoms with Crippen LogP contribution in [0.3, 0.4) is 0 Å². The first-order valence-electron chi connectivity index (χ1n) is 5.59. The summed E-state index contributed by atoms with van der Waals surface area (Å²) in [5.74, 6) is 0. The van der Waals surface area contributed by atoms with Crippen LogP contribution in [0.25, 0.3) is 11.0 Å². The molecule has 0 radical (unpaired) electrons. The molecule has 2 aromatic rings. The molecule has 2 rings (SSSR count).